The van der Waals surface area contributed by atoms with Crippen molar-refractivity contribution in [1.82, 2.24) is 15.3 Å². The molecule has 4 rings (SSSR count). The topological polar surface area (TPSA) is 104 Å². The number of pyridine rings is 1. The molecule has 0 radical (unpaired) electrons. The lowest BCUT2D eigenvalue weighted by Gasteiger charge is -2.23. The van der Waals surface area contributed by atoms with Crippen LogP contribution in [0.15, 0.2) is 53.1 Å². The molecule has 0 amide bonds. The molecule has 0 bridgehead atoms. The van der Waals surface area contributed by atoms with Crippen molar-refractivity contribution in [3.8, 4) is 17.2 Å². The van der Waals surface area contributed by atoms with Gasteiger partial charge in [0.1, 0.15) is 23.2 Å². The average Bonchev–Trinajstić information content (AvgIpc) is 3.34. The molecule has 1 fully saturated rings. The van der Waals surface area contributed by atoms with Gasteiger partial charge in [-0.1, -0.05) is 18.2 Å². The van der Waals surface area contributed by atoms with E-state index in [9.17, 15) is 9.59 Å². The number of aryl methyl sites for hydroxylation is 1. The number of piperidine rings is 1. The van der Waals surface area contributed by atoms with E-state index in [4.69, 9.17) is 9.15 Å². The first-order valence-corrected chi connectivity index (χ1v) is 10.6. The Labute approximate surface area is 186 Å². The molecule has 1 aromatic carbocycles. The molecule has 166 valence electrons. The lowest BCUT2D eigenvalue weighted by atomic mass is 10.1. The maximum Gasteiger partial charge on any atom is 0.356 e. The second-order valence-electron chi connectivity index (χ2n) is 7.56. The van der Waals surface area contributed by atoms with Crippen molar-refractivity contribution < 1.29 is 23.5 Å². The van der Waals surface area contributed by atoms with Crippen LogP contribution in [-0.2, 0) is 11.2 Å². The summed E-state index contributed by atoms with van der Waals surface area (Å²) in [4.78, 5) is 32.5. The van der Waals surface area contributed by atoms with Crippen LogP contribution >= 0.6 is 0 Å². The number of nitrogens with zero attached hydrogens (tertiary/aromatic N) is 2. The smallest absolute Gasteiger partial charge is 0.356 e. The summed E-state index contributed by atoms with van der Waals surface area (Å²) in [5, 5.41) is 3.32. The fourth-order valence-electron chi connectivity index (χ4n) is 3.52. The minimum Gasteiger partial charge on any atom is -0.490 e. The van der Waals surface area contributed by atoms with E-state index in [2.05, 4.69) is 20.0 Å². The maximum atomic E-state index is 12.5. The van der Waals surface area contributed by atoms with Gasteiger partial charge in [-0.2, -0.15) is 0 Å². The second kappa shape index (κ2) is 10.2. The van der Waals surface area contributed by atoms with Crippen molar-refractivity contribution in [3.63, 3.8) is 0 Å². The van der Waals surface area contributed by atoms with Crippen LogP contribution in [0.4, 0.5) is 0 Å². The molecule has 2 aromatic heterocycles. The number of Topliss-reactive ketones (excluding diaryl/α,β-unsaturated/α-hetero) is 1. The summed E-state index contributed by atoms with van der Waals surface area (Å²) in [6.45, 7) is 1.97. The third-order valence-corrected chi connectivity index (χ3v) is 5.29. The zero-order chi connectivity index (χ0) is 22.3. The Morgan fingerprint density at radius 2 is 1.91 bits per heavy atom. The van der Waals surface area contributed by atoms with Crippen molar-refractivity contribution in [2.45, 2.75) is 31.8 Å². The zero-order valence-electron chi connectivity index (χ0n) is 17.9. The highest BCUT2D eigenvalue weighted by Gasteiger charge is 2.17. The predicted molar refractivity (Wildman–Crippen MR) is 117 cm³/mol. The molecule has 0 atom stereocenters. The van der Waals surface area contributed by atoms with Gasteiger partial charge >= 0.3 is 5.97 Å². The predicted octanol–water partition coefficient (Wildman–Crippen LogP) is 3.47. The van der Waals surface area contributed by atoms with Crippen LogP contribution in [0.25, 0.3) is 11.5 Å². The van der Waals surface area contributed by atoms with Crippen molar-refractivity contribution >= 4 is 11.8 Å². The number of aromatic nitrogens is 2. The van der Waals surface area contributed by atoms with E-state index in [1.165, 1.54) is 13.3 Å². The van der Waals surface area contributed by atoms with Gasteiger partial charge in [0.25, 0.3) is 5.89 Å². The first-order chi connectivity index (χ1) is 15.6. The molecule has 0 unspecified atom stereocenters. The third-order valence-electron chi connectivity index (χ3n) is 5.29. The largest absolute Gasteiger partial charge is 0.490 e. The Balaban J connectivity index is 1.33. The van der Waals surface area contributed by atoms with Crippen LogP contribution in [0.3, 0.4) is 0 Å². The van der Waals surface area contributed by atoms with Crippen LogP contribution in [-0.4, -0.2) is 48.0 Å². The number of ketones is 1. The van der Waals surface area contributed by atoms with Crippen LogP contribution in [0.1, 0.15) is 46.0 Å². The number of ether oxygens (including phenoxy) is 2. The molecular weight excluding hydrogens is 410 g/mol. The zero-order valence-corrected chi connectivity index (χ0v) is 17.9. The van der Waals surface area contributed by atoms with Gasteiger partial charge in [-0.05, 0) is 62.2 Å². The molecule has 8 heteroatoms. The first-order valence-electron chi connectivity index (χ1n) is 10.6. The number of esters is 1. The molecule has 1 N–H and O–H groups in total. The molecule has 0 saturated carbocycles. The summed E-state index contributed by atoms with van der Waals surface area (Å²) in [6.07, 6.45) is 4.55. The highest BCUT2D eigenvalue weighted by molar-refractivity contribution is 5.92. The van der Waals surface area contributed by atoms with Crippen molar-refractivity contribution in [1.29, 1.82) is 0 Å². The minimum absolute atomic E-state index is 0.0242. The van der Waals surface area contributed by atoms with Gasteiger partial charge in [0.05, 0.1) is 13.3 Å². The second-order valence-corrected chi connectivity index (χ2v) is 7.56. The Morgan fingerprint density at radius 1 is 1.12 bits per heavy atom. The normalized spacial score (nSPS) is 14.2. The number of carbonyl (C=O) groups excluding carboxylic acids is 2. The highest BCUT2D eigenvalue weighted by Crippen LogP contribution is 2.21. The lowest BCUT2D eigenvalue weighted by molar-refractivity contribution is 0.0594. The van der Waals surface area contributed by atoms with Gasteiger partial charge in [-0.25, -0.2) is 14.8 Å². The van der Waals surface area contributed by atoms with E-state index >= 15 is 0 Å². The van der Waals surface area contributed by atoms with Crippen LogP contribution in [0, 0.1) is 0 Å². The van der Waals surface area contributed by atoms with Crippen molar-refractivity contribution in [3.05, 3.63) is 65.8 Å². The number of methoxy groups -OCH3 is 1. The number of hydrogen-bond donors (Lipinski definition) is 1. The monoisotopic (exact) mass is 435 g/mol. The third kappa shape index (κ3) is 5.39. The SMILES string of the molecule is COC(=O)c1cccc(-c2cnc(C(=O)CCc3ccc(OC4CCNCC4)cc3)o2)n1. The fraction of sp³-hybridized carbons (Fsp3) is 0.333. The Kier molecular flexibility index (Phi) is 6.91. The van der Waals surface area contributed by atoms with E-state index in [1.54, 1.807) is 18.2 Å². The summed E-state index contributed by atoms with van der Waals surface area (Å²) in [5.41, 5.74) is 1.60. The van der Waals surface area contributed by atoms with Crippen LogP contribution in [0.2, 0.25) is 0 Å². The van der Waals surface area contributed by atoms with Crippen molar-refractivity contribution in [2.75, 3.05) is 20.2 Å². The Morgan fingerprint density at radius 3 is 2.66 bits per heavy atom. The molecule has 8 nitrogen and oxygen atoms in total. The summed E-state index contributed by atoms with van der Waals surface area (Å²) < 4.78 is 16.3. The maximum absolute atomic E-state index is 12.5. The molecule has 3 aromatic rings. The van der Waals surface area contributed by atoms with E-state index in [-0.39, 0.29) is 29.9 Å². The minimum atomic E-state index is -0.546. The van der Waals surface area contributed by atoms with E-state index < -0.39 is 5.97 Å². The van der Waals surface area contributed by atoms with Gasteiger partial charge in [-0.15, -0.1) is 0 Å². The molecule has 32 heavy (non-hydrogen) atoms. The number of hydrogen-bond acceptors (Lipinski definition) is 8. The molecule has 0 spiro atoms. The fourth-order valence-corrected chi connectivity index (χ4v) is 3.52. The Bertz CT molecular complexity index is 1070. The Hall–Kier alpha value is -3.52. The van der Waals surface area contributed by atoms with Gasteiger partial charge in [-0.3, -0.25) is 4.79 Å². The van der Waals surface area contributed by atoms with Crippen molar-refractivity contribution in [2.24, 2.45) is 0 Å². The summed E-state index contributed by atoms with van der Waals surface area (Å²) >= 11 is 0. The van der Waals surface area contributed by atoms with E-state index in [1.807, 2.05) is 24.3 Å². The number of oxazole rings is 1. The van der Waals surface area contributed by atoms with E-state index in [0.717, 1.165) is 37.2 Å². The van der Waals surface area contributed by atoms with E-state index in [0.29, 0.717) is 17.9 Å². The van der Waals surface area contributed by atoms with Gasteiger partial charge in [0.2, 0.25) is 5.78 Å². The number of rotatable bonds is 8. The molecule has 0 aliphatic carbocycles. The number of benzene rings is 1. The molecular formula is C24H25N3O5. The number of carbonyl (C=O) groups is 2. The molecule has 1 saturated heterocycles. The van der Waals surface area contributed by atoms with Gasteiger partial charge < -0.3 is 19.2 Å². The average molecular weight is 435 g/mol. The molecule has 1 aliphatic heterocycles. The quantitative estimate of drug-likeness (QED) is 0.424. The van der Waals surface area contributed by atoms with Crippen LogP contribution in [0.5, 0.6) is 5.75 Å². The van der Waals surface area contributed by atoms with Gasteiger partial charge in [0, 0.05) is 6.42 Å². The lowest BCUT2D eigenvalue weighted by Crippen LogP contribution is -2.34. The summed E-state index contributed by atoms with van der Waals surface area (Å²) in [6, 6.07) is 12.7. The molecule has 1 aliphatic rings. The summed E-state index contributed by atoms with van der Waals surface area (Å²) in [7, 11) is 1.29. The summed E-state index contributed by atoms with van der Waals surface area (Å²) in [5.74, 6) is 0.450. The molecule has 3 heterocycles. The first kappa shape index (κ1) is 21.7. The standard InChI is InChI=1S/C24H25N3O5/c1-30-24(29)20-4-2-3-19(27-20)22-15-26-23(32-22)21(28)10-7-16-5-8-17(9-6-16)31-18-11-13-25-14-12-18/h2-6,8-9,15,18,25H,7,10-14H2,1H3. The van der Waals surface area contributed by atoms with Crippen LogP contribution < -0.4 is 10.1 Å². The van der Waals surface area contributed by atoms with Gasteiger partial charge in [0.15, 0.2) is 5.76 Å². The highest BCUT2D eigenvalue weighted by atomic mass is 16.5. The number of nitrogens with one attached hydrogen (secondary N) is 1.